The van der Waals surface area contributed by atoms with Crippen molar-refractivity contribution < 1.29 is 9.66 Å². The smallest absolute Gasteiger partial charge is 0.269 e. The highest BCUT2D eigenvalue weighted by Gasteiger charge is 2.13. The first-order chi connectivity index (χ1) is 13.7. The summed E-state index contributed by atoms with van der Waals surface area (Å²) in [5.74, 6) is 0. The zero-order valence-corrected chi connectivity index (χ0v) is 15.1. The van der Waals surface area contributed by atoms with Crippen LogP contribution in [-0.2, 0) is 4.74 Å². The fraction of sp³-hybridized carbons (Fsp3) is 0.200. The normalized spacial score (nSPS) is 14.5. The molecule has 1 saturated heterocycles. The molecule has 4 rings (SSSR count). The Kier molecular flexibility index (Phi) is 5.11. The molecule has 0 spiro atoms. The molecule has 28 heavy (non-hydrogen) atoms. The molecule has 0 amide bonds. The summed E-state index contributed by atoms with van der Waals surface area (Å²) >= 11 is 0. The van der Waals surface area contributed by atoms with E-state index in [1.807, 2.05) is 47.8 Å². The lowest BCUT2D eigenvalue weighted by Crippen LogP contribution is -2.32. The number of hydrazone groups is 1. The maximum Gasteiger partial charge on any atom is 0.269 e. The van der Waals surface area contributed by atoms with Crippen LogP contribution >= 0.6 is 0 Å². The molecular weight excluding hydrogens is 358 g/mol. The maximum absolute atomic E-state index is 10.9. The number of nitrogens with zero attached hydrogens (tertiary/aromatic N) is 5. The number of nitro benzene ring substituents is 1. The van der Waals surface area contributed by atoms with Gasteiger partial charge in [0, 0.05) is 29.5 Å². The number of non-ortho nitro benzene ring substituents is 1. The molecule has 0 N–H and O–H groups in total. The molecule has 2 aromatic carbocycles. The van der Waals surface area contributed by atoms with E-state index in [1.54, 1.807) is 16.8 Å². The van der Waals surface area contributed by atoms with Crippen LogP contribution < -0.4 is 0 Å². The van der Waals surface area contributed by atoms with Crippen molar-refractivity contribution in [3.05, 3.63) is 76.5 Å². The van der Waals surface area contributed by atoms with E-state index in [1.165, 1.54) is 12.1 Å². The Bertz CT molecular complexity index is 977. The van der Waals surface area contributed by atoms with Gasteiger partial charge in [0.25, 0.3) is 5.69 Å². The zero-order valence-electron chi connectivity index (χ0n) is 15.1. The molecule has 8 heteroatoms. The first-order valence-electron chi connectivity index (χ1n) is 8.97. The molecule has 142 valence electrons. The van der Waals surface area contributed by atoms with Crippen LogP contribution in [-0.4, -0.2) is 52.2 Å². The van der Waals surface area contributed by atoms with Crippen molar-refractivity contribution >= 4 is 11.9 Å². The van der Waals surface area contributed by atoms with Crippen LogP contribution in [0, 0.1) is 10.1 Å². The third kappa shape index (κ3) is 3.91. The van der Waals surface area contributed by atoms with Gasteiger partial charge in [0.2, 0.25) is 0 Å². The second kappa shape index (κ2) is 8.01. The molecule has 1 aromatic heterocycles. The van der Waals surface area contributed by atoms with Gasteiger partial charge in [-0.2, -0.15) is 10.2 Å². The topological polar surface area (TPSA) is 85.8 Å². The summed E-state index contributed by atoms with van der Waals surface area (Å²) in [6.07, 6.45) is 3.69. The summed E-state index contributed by atoms with van der Waals surface area (Å²) in [5.41, 5.74) is 3.45. The largest absolute Gasteiger partial charge is 0.378 e. The molecule has 0 saturated carbocycles. The summed E-state index contributed by atoms with van der Waals surface area (Å²) in [7, 11) is 0. The number of ether oxygens (including phenoxy) is 1. The van der Waals surface area contributed by atoms with Crippen molar-refractivity contribution in [1.82, 2.24) is 14.8 Å². The van der Waals surface area contributed by atoms with Crippen LogP contribution in [0.1, 0.15) is 5.56 Å². The monoisotopic (exact) mass is 377 g/mol. The summed E-state index contributed by atoms with van der Waals surface area (Å²) in [5, 5.41) is 22.1. The Balaban J connectivity index is 1.69. The molecule has 8 nitrogen and oxygen atoms in total. The Morgan fingerprint density at radius 3 is 2.46 bits per heavy atom. The standard InChI is InChI=1S/C20H19N5O3/c26-25(27)19-8-6-18(7-9-19)24-15-17(14-21-23-10-12-28-13-11-23)20(22-24)16-4-2-1-3-5-16/h1-9,14-15H,10-13H2/b21-14-. The molecule has 0 unspecified atom stereocenters. The number of rotatable bonds is 5. The predicted octanol–water partition coefficient (Wildman–Crippen LogP) is 3.11. The number of benzene rings is 2. The number of hydrogen-bond donors (Lipinski definition) is 0. The van der Waals surface area contributed by atoms with Crippen LogP contribution in [0.15, 0.2) is 65.9 Å². The average Bonchev–Trinajstić information content (AvgIpc) is 3.18. The average molecular weight is 377 g/mol. The van der Waals surface area contributed by atoms with E-state index in [0.717, 1.165) is 35.6 Å². The van der Waals surface area contributed by atoms with E-state index in [2.05, 4.69) is 5.10 Å². The van der Waals surface area contributed by atoms with Crippen molar-refractivity contribution in [2.75, 3.05) is 26.3 Å². The Morgan fingerprint density at radius 2 is 1.79 bits per heavy atom. The number of hydrogen-bond acceptors (Lipinski definition) is 6. The van der Waals surface area contributed by atoms with Crippen molar-refractivity contribution in [2.24, 2.45) is 5.10 Å². The summed E-state index contributed by atoms with van der Waals surface area (Å²) in [6, 6.07) is 16.2. The molecule has 0 atom stereocenters. The van der Waals surface area contributed by atoms with Crippen LogP contribution in [0.5, 0.6) is 0 Å². The van der Waals surface area contributed by atoms with Crippen molar-refractivity contribution in [1.29, 1.82) is 0 Å². The summed E-state index contributed by atoms with van der Waals surface area (Å²) < 4.78 is 7.07. The van der Waals surface area contributed by atoms with Gasteiger partial charge in [-0.1, -0.05) is 30.3 Å². The van der Waals surface area contributed by atoms with Gasteiger partial charge in [0.05, 0.1) is 43.1 Å². The van der Waals surface area contributed by atoms with Crippen molar-refractivity contribution in [2.45, 2.75) is 0 Å². The van der Waals surface area contributed by atoms with Gasteiger partial charge in [-0.15, -0.1) is 0 Å². The first-order valence-corrected chi connectivity index (χ1v) is 8.97. The number of aromatic nitrogens is 2. The van der Waals surface area contributed by atoms with E-state index >= 15 is 0 Å². The molecule has 3 aromatic rings. The number of nitro groups is 1. The lowest BCUT2D eigenvalue weighted by atomic mass is 10.1. The molecular formula is C20H19N5O3. The highest BCUT2D eigenvalue weighted by Crippen LogP contribution is 2.23. The van der Waals surface area contributed by atoms with E-state index < -0.39 is 4.92 Å². The SMILES string of the molecule is O=[N+]([O-])c1ccc(-n2cc(/C=N\N3CCOCC3)c(-c3ccccc3)n2)cc1. The molecule has 1 fully saturated rings. The van der Waals surface area contributed by atoms with E-state index in [0.29, 0.717) is 13.2 Å². The van der Waals surface area contributed by atoms with Gasteiger partial charge >= 0.3 is 0 Å². The highest BCUT2D eigenvalue weighted by atomic mass is 16.6. The van der Waals surface area contributed by atoms with Gasteiger partial charge in [-0.3, -0.25) is 15.1 Å². The fourth-order valence-corrected chi connectivity index (χ4v) is 2.97. The third-order valence-electron chi connectivity index (χ3n) is 4.46. The van der Waals surface area contributed by atoms with Crippen LogP contribution in [0.4, 0.5) is 5.69 Å². The summed E-state index contributed by atoms with van der Waals surface area (Å²) in [4.78, 5) is 10.5. The fourth-order valence-electron chi connectivity index (χ4n) is 2.97. The molecule has 0 bridgehead atoms. The maximum atomic E-state index is 10.9. The first kappa shape index (κ1) is 17.9. The molecule has 1 aliphatic heterocycles. The van der Waals surface area contributed by atoms with E-state index in [-0.39, 0.29) is 5.69 Å². The molecule has 0 aliphatic carbocycles. The van der Waals surface area contributed by atoms with E-state index in [4.69, 9.17) is 9.84 Å². The minimum absolute atomic E-state index is 0.0493. The van der Waals surface area contributed by atoms with E-state index in [9.17, 15) is 10.1 Å². The lowest BCUT2D eigenvalue weighted by molar-refractivity contribution is -0.384. The minimum atomic E-state index is -0.414. The molecule has 1 aliphatic rings. The van der Waals surface area contributed by atoms with Gasteiger partial charge in [-0.25, -0.2) is 4.68 Å². The second-order valence-corrected chi connectivity index (χ2v) is 6.33. The van der Waals surface area contributed by atoms with Crippen molar-refractivity contribution in [3.63, 3.8) is 0 Å². The molecule has 0 radical (unpaired) electrons. The third-order valence-corrected chi connectivity index (χ3v) is 4.46. The van der Waals surface area contributed by atoms with Gasteiger partial charge < -0.3 is 4.74 Å². The lowest BCUT2D eigenvalue weighted by Gasteiger charge is -2.23. The quantitative estimate of drug-likeness (QED) is 0.387. The minimum Gasteiger partial charge on any atom is -0.378 e. The number of morpholine rings is 1. The Labute approximate surface area is 161 Å². The predicted molar refractivity (Wildman–Crippen MR) is 106 cm³/mol. The van der Waals surface area contributed by atoms with Crippen molar-refractivity contribution in [3.8, 4) is 16.9 Å². The van der Waals surface area contributed by atoms with Gasteiger partial charge in [-0.05, 0) is 12.1 Å². The Hall–Kier alpha value is -3.52. The van der Waals surface area contributed by atoms with Gasteiger partial charge in [0.1, 0.15) is 5.69 Å². The highest BCUT2D eigenvalue weighted by molar-refractivity contribution is 5.88. The molecule has 2 heterocycles. The van der Waals surface area contributed by atoms with Crippen LogP contribution in [0.3, 0.4) is 0 Å². The zero-order chi connectivity index (χ0) is 19.3. The van der Waals surface area contributed by atoms with Crippen LogP contribution in [0.25, 0.3) is 16.9 Å². The van der Waals surface area contributed by atoms with Crippen LogP contribution in [0.2, 0.25) is 0 Å². The summed E-state index contributed by atoms with van der Waals surface area (Å²) in [6.45, 7) is 2.86. The Morgan fingerprint density at radius 1 is 1.07 bits per heavy atom. The second-order valence-electron chi connectivity index (χ2n) is 6.33. The van der Waals surface area contributed by atoms with Gasteiger partial charge in [0.15, 0.2) is 0 Å².